The van der Waals surface area contributed by atoms with Crippen LogP contribution in [-0.2, 0) is 13.1 Å². The minimum absolute atomic E-state index is 0.587. The Bertz CT molecular complexity index is 1410. The fraction of sp³-hybridized carbons (Fsp3) is 0.0667. The van der Waals surface area contributed by atoms with Crippen LogP contribution in [0.4, 0.5) is 11.4 Å². The Morgan fingerprint density at radius 2 is 0.944 bits per heavy atom. The fourth-order valence-corrected chi connectivity index (χ4v) is 4.52. The van der Waals surface area contributed by atoms with E-state index in [4.69, 9.17) is 24.4 Å². The molecular weight excluding hydrogens is 480 g/mol. The molecule has 0 aliphatic heterocycles. The minimum Gasteiger partial charge on any atom is -0.358 e. The zero-order chi connectivity index (χ0) is 24.7. The van der Waals surface area contributed by atoms with E-state index in [1.54, 1.807) is 0 Å². The van der Waals surface area contributed by atoms with Gasteiger partial charge in [-0.1, -0.05) is 84.9 Å². The average molecular weight is 507 g/mol. The Morgan fingerprint density at radius 3 is 1.39 bits per heavy atom. The van der Waals surface area contributed by atoms with Crippen molar-refractivity contribution >= 4 is 67.6 Å². The van der Waals surface area contributed by atoms with Gasteiger partial charge in [-0.05, 0) is 70.6 Å². The first-order chi connectivity index (χ1) is 17.7. The van der Waals surface area contributed by atoms with Gasteiger partial charge in [-0.2, -0.15) is 0 Å². The molecule has 0 aliphatic carbocycles. The van der Waals surface area contributed by atoms with Crippen LogP contribution in [0.1, 0.15) is 11.1 Å². The molecule has 5 aromatic rings. The van der Waals surface area contributed by atoms with Crippen molar-refractivity contribution in [3.05, 3.63) is 120 Å². The van der Waals surface area contributed by atoms with E-state index >= 15 is 0 Å². The zero-order valence-corrected chi connectivity index (χ0v) is 21.3. The van der Waals surface area contributed by atoms with Gasteiger partial charge in [-0.15, -0.1) is 0 Å². The van der Waals surface area contributed by atoms with E-state index in [0.29, 0.717) is 23.3 Å². The molecule has 0 radical (unpaired) electrons. The van der Waals surface area contributed by atoms with Crippen LogP contribution in [0.2, 0.25) is 0 Å². The molecular formula is C30H26N4S2. The Kier molecular flexibility index (Phi) is 7.36. The van der Waals surface area contributed by atoms with Gasteiger partial charge in [0, 0.05) is 35.2 Å². The van der Waals surface area contributed by atoms with Crippen molar-refractivity contribution in [3.8, 4) is 0 Å². The largest absolute Gasteiger partial charge is 0.358 e. The summed E-state index contributed by atoms with van der Waals surface area (Å²) in [5.41, 5.74) is 4.27. The smallest absolute Gasteiger partial charge is 0.171 e. The Labute approximate surface area is 221 Å². The van der Waals surface area contributed by atoms with Gasteiger partial charge in [0.15, 0.2) is 10.2 Å². The zero-order valence-electron chi connectivity index (χ0n) is 19.6. The number of anilines is 2. The summed E-state index contributed by atoms with van der Waals surface area (Å²) >= 11 is 11.2. The first kappa shape index (κ1) is 23.7. The SMILES string of the molecule is S=C(NCc1ccccc1)Nc1cccc2cc3cccc(NC(=S)NCc4ccccc4)c3cc12. The third-order valence-electron chi connectivity index (χ3n) is 5.97. The van der Waals surface area contributed by atoms with E-state index in [0.717, 1.165) is 32.9 Å². The summed E-state index contributed by atoms with van der Waals surface area (Å²) in [5.74, 6) is 0. The summed E-state index contributed by atoms with van der Waals surface area (Å²) < 4.78 is 0. The van der Waals surface area contributed by atoms with Crippen LogP contribution >= 0.6 is 24.4 Å². The van der Waals surface area contributed by atoms with E-state index in [2.05, 4.69) is 69.8 Å². The topological polar surface area (TPSA) is 48.1 Å². The number of hydrogen-bond donors (Lipinski definition) is 4. The summed E-state index contributed by atoms with van der Waals surface area (Å²) in [4.78, 5) is 0. The highest BCUT2D eigenvalue weighted by atomic mass is 32.1. The number of fused-ring (bicyclic) bond motifs is 2. The number of hydrogen-bond acceptors (Lipinski definition) is 2. The Balaban J connectivity index is 1.35. The molecule has 0 aromatic heterocycles. The molecule has 0 spiro atoms. The van der Waals surface area contributed by atoms with E-state index < -0.39 is 0 Å². The van der Waals surface area contributed by atoms with E-state index in [1.807, 2.05) is 60.7 Å². The maximum absolute atomic E-state index is 5.59. The quantitative estimate of drug-likeness (QED) is 0.147. The second-order valence-electron chi connectivity index (χ2n) is 8.49. The lowest BCUT2D eigenvalue weighted by Gasteiger charge is -2.16. The lowest BCUT2D eigenvalue weighted by Crippen LogP contribution is -2.28. The monoisotopic (exact) mass is 506 g/mol. The molecule has 0 saturated heterocycles. The molecule has 36 heavy (non-hydrogen) atoms. The van der Waals surface area contributed by atoms with Gasteiger partial charge in [0.1, 0.15) is 0 Å². The van der Waals surface area contributed by atoms with Crippen molar-refractivity contribution in [1.82, 2.24) is 10.6 Å². The third kappa shape index (κ3) is 5.79. The fourth-order valence-electron chi connectivity index (χ4n) is 4.16. The van der Waals surface area contributed by atoms with Crippen molar-refractivity contribution < 1.29 is 0 Å². The number of benzene rings is 5. The van der Waals surface area contributed by atoms with Gasteiger partial charge in [0.2, 0.25) is 0 Å². The van der Waals surface area contributed by atoms with Gasteiger partial charge >= 0.3 is 0 Å². The second-order valence-corrected chi connectivity index (χ2v) is 9.31. The van der Waals surface area contributed by atoms with Crippen molar-refractivity contribution in [1.29, 1.82) is 0 Å². The van der Waals surface area contributed by atoms with Crippen molar-refractivity contribution in [3.63, 3.8) is 0 Å². The molecule has 0 bridgehead atoms. The van der Waals surface area contributed by atoms with Crippen molar-refractivity contribution in [2.45, 2.75) is 13.1 Å². The minimum atomic E-state index is 0.587. The molecule has 5 aromatic carbocycles. The summed E-state index contributed by atoms with van der Waals surface area (Å²) in [6, 6.07) is 37.2. The van der Waals surface area contributed by atoms with Crippen molar-refractivity contribution in [2.75, 3.05) is 10.6 Å². The van der Waals surface area contributed by atoms with Crippen LogP contribution in [-0.4, -0.2) is 10.2 Å². The normalized spacial score (nSPS) is 10.7. The molecule has 4 N–H and O–H groups in total. The molecule has 0 heterocycles. The molecule has 0 amide bonds. The molecule has 0 fully saturated rings. The second kappa shape index (κ2) is 11.2. The first-order valence-electron chi connectivity index (χ1n) is 11.8. The standard InChI is InChI=1S/C30H26N4S2/c35-29(31-19-21-9-3-1-4-10-21)33-27-15-7-13-23-17-24-14-8-16-28(26(24)18-25(23)27)34-30(36)32-20-22-11-5-2-6-12-22/h1-18H,19-20H2,(H2,31,33,35)(H2,32,34,36). The molecule has 6 heteroatoms. The maximum atomic E-state index is 5.59. The van der Waals surface area contributed by atoms with E-state index in [1.165, 1.54) is 11.1 Å². The van der Waals surface area contributed by atoms with E-state index in [9.17, 15) is 0 Å². The molecule has 0 unspecified atom stereocenters. The van der Waals surface area contributed by atoms with E-state index in [-0.39, 0.29) is 0 Å². The molecule has 178 valence electrons. The maximum Gasteiger partial charge on any atom is 0.171 e. The van der Waals surface area contributed by atoms with Gasteiger partial charge in [0.05, 0.1) is 0 Å². The lowest BCUT2D eigenvalue weighted by molar-refractivity contribution is 0.926. The summed E-state index contributed by atoms with van der Waals surface area (Å²) in [6.45, 7) is 1.34. The number of thiocarbonyl (C=S) groups is 2. The van der Waals surface area contributed by atoms with Crippen LogP contribution in [0.15, 0.2) is 109 Å². The predicted molar refractivity (Wildman–Crippen MR) is 160 cm³/mol. The first-order valence-corrected chi connectivity index (χ1v) is 12.6. The van der Waals surface area contributed by atoms with Crippen LogP contribution in [0.3, 0.4) is 0 Å². The molecule has 0 atom stereocenters. The summed E-state index contributed by atoms with van der Waals surface area (Å²) in [6.07, 6.45) is 0. The van der Waals surface area contributed by atoms with Gasteiger partial charge < -0.3 is 21.3 Å². The van der Waals surface area contributed by atoms with Crippen LogP contribution in [0.5, 0.6) is 0 Å². The van der Waals surface area contributed by atoms with Crippen LogP contribution in [0.25, 0.3) is 21.5 Å². The Hall–Kier alpha value is -4.00. The van der Waals surface area contributed by atoms with Gasteiger partial charge in [-0.3, -0.25) is 0 Å². The highest BCUT2D eigenvalue weighted by Gasteiger charge is 2.09. The summed E-state index contributed by atoms with van der Waals surface area (Å²) in [7, 11) is 0. The highest BCUT2D eigenvalue weighted by Crippen LogP contribution is 2.32. The van der Waals surface area contributed by atoms with Crippen LogP contribution in [0, 0.1) is 0 Å². The molecule has 0 saturated carbocycles. The van der Waals surface area contributed by atoms with Gasteiger partial charge in [0.25, 0.3) is 0 Å². The van der Waals surface area contributed by atoms with Gasteiger partial charge in [-0.25, -0.2) is 0 Å². The Morgan fingerprint density at radius 1 is 0.500 bits per heavy atom. The molecule has 4 nitrogen and oxygen atoms in total. The number of nitrogens with one attached hydrogen (secondary N) is 4. The summed E-state index contributed by atoms with van der Waals surface area (Å²) in [5, 5.41) is 19.0. The average Bonchev–Trinajstić information content (AvgIpc) is 2.91. The molecule has 0 aliphatic rings. The molecule has 5 rings (SSSR count). The number of rotatable bonds is 6. The lowest BCUT2D eigenvalue weighted by atomic mass is 10.0. The third-order valence-corrected chi connectivity index (χ3v) is 6.46. The predicted octanol–water partition coefficient (Wildman–Crippen LogP) is 6.97. The highest BCUT2D eigenvalue weighted by molar-refractivity contribution is 7.80. The van der Waals surface area contributed by atoms with Crippen LogP contribution < -0.4 is 21.3 Å². The van der Waals surface area contributed by atoms with Crippen molar-refractivity contribution in [2.24, 2.45) is 0 Å².